The summed E-state index contributed by atoms with van der Waals surface area (Å²) in [5, 5.41) is 18.1. The number of hydrogen-bond donors (Lipinski definition) is 1. The molecule has 3 rings (SSSR count). The van der Waals surface area contributed by atoms with Crippen molar-refractivity contribution in [3.8, 4) is 5.82 Å². The van der Waals surface area contributed by atoms with Crippen molar-refractivity contribution in [3.05, 3.63) is 48.3 Å². The summed E-state index contributed by atoms with van der Waals surface area (Å²) in [5.74, 6) is 0.768. The third-order valence-electron chi connectivity index (χ3n) is 3.20. The Balaban J connectivity index is 1.83. The molecular formula is C15H16N4O. The number of fused-ring (bicyclic) bond motifs is 1. The van der Waals surface area contributed by atoms with Crippen LogP contribution >= 0.6 is 0 Å². The van der Waals surface area contributed by atoms with E-state index in [0.717, 1.165) is 41.7 Å². The Bertz CT molecular complexity index is 708. The maximum Gasteiger partial charge on any atom is 0.155 e. The van der Waals surface area contributed by atoms with E-state index in [-0.39, 0.29) is 6.61 Å². The highest BCUT2D eigenvalue weighted by Crippen LogP contribution is 2.14. The van der Waals surface area contributed by atoms with E-state index in [9.17, 15) is 0 Å². The molecule has 0 aliphatic heterocycles. The molecule has 0 aliphatic carbocycles. The number of aromatic nitrogens is 4. The SMILES string of the molecule is OCCCCc1cn(-c2ccc3ccccc3n2)nn1. The molecule has 0 radical (unpaired) electrons. The molecule has 0 fully saturated rings. The van der Waals surface area contributed by atoms with Gasteiger partial charge in [0.15, 0.2) is 5.82 Å². The highest BCUT2D eigenvalue weighted by molar-refractivity contribution is 5.79. The molecule has 5 heteroatoms. The largest absolute Gasteiger partial charge is 0.396 e. The molecule has 1 N–H and O–H groups in total. The highest BCUT2D eigenvalue weighted by atomic mass is 16.2. The summed E-state index contributed by atoms with van der Waals surface area (Å²) in [5.41, 5.74) is 1.87. The van der Waals surface area contributed by atoms with Gasteiger partial charge in [-0.05, 0) is 37.5 Å². The first-order valence-corrected chi connectivity index (χ1v) is 6.75. The third-order valence-corrected chi connectivity index (χ3v) is 3.20. The second-order valence-electron chi connectivity index (χ2n) is 4.70. The summed E-state index contributed by atoms with van der Waals surface area (Å²) < 4.78 is 1.70. The van der Waals surface area contributed by atoms with Gasteiger partial charge in [0.2, 0.25) is 0 Å². The van der Waals surface area contributed by atoms with Gasteiger partial charge in [-0.2, -0.15) is 0 Å². The van der Waals surface area contributed by atoms with Gasteiger partial charge in [0, 0.05) is 12.0 Å². The van der Waals surface area contributed by atoms with Crippen LogP contribution in [0.1, 0.15) is 18.5 Å². The Morgan fingerprint density at radius 3 is 2.85 bits per heavy atom. The Morgan fingerprint density at radius 2 is 1.95 bits per heavy atom. The first kappa shape index (κ1) is 12.7. The number of hydrogen-bond acceptors (Lipinski definition) is 4. The predicted octanol–water partition coefficient (Wildman–Crippen LogP) is 2.13. The molecule has 0 unspecified atom stereocenters. The van der Waals surface area contributed by atoms with Crippen molar-refractivity contribution in [1.29, 1.82) is 0 Å². The van der Waals surface area contributed by atoms with Crippen LogP contribution in [-0.4, -0.2) is 31.7 Å². The number of para-hydroxylation sites is 1. The lowest BCUT2D eigenvalue weighted by molar-refractivity contribution is 0.284. The van der Waals surface area contributed by atoms with Crippen LogP contribution in [0.4, 0.5) is 0 Å². The Kier molecular flexibility index (Phi) is 3.69. The minimum absolute atomic E-state index is 0.223. The van der Waals surface area contributed by atoms with Gasteiger partial charge >= 0.3 is 0 Å². The van der Waals surface area contributed by atoms with Crippen LogP contribution in [0.25, 0.3) is 16.7 Å². The van der Waals surface area contributed by atoms with E-state index in [0.29, 0.717) is 0 Å². The van der Waals surface area contributed by atoms with Crippen LogP contribution in [0.3, 0.4) is 0 Å². The van der Waals surface area contributed by atoms with Gasteiger partial charge in [-0.1, -0.05) is 23.4 Å². The summed E-state index contributed by atoms with van der Waals surface area (Å²) in [4.78, 5) is 4.58. The van der Waals surface area contributed by atoms with E-state index in [1.807, 2.05) is 42.6 Å². The smallest absolute Gasteiger partial charge is 0.155 e. The van der Waals surface area contributed by atoms with Crippen molar-refractivity contribution in [3.63, 3.8) is 0 Å². The molecule has 20 heavy (non-hydrogen) atoms. The average molecular weight is 268 g/mol. The van der Waals surface area contributed by atoms with Gasteiger partial charge in [-0.3, -0.25) is 0 Å². The topological polar surface area (TPSA) is 63.8 Å². The third kappa shape index (κ3) is 2.67. The maximum absolute atomic E-state index is 8.78. The standard InChI is InChI=1S/C15H16N4O/c20-10-4-3-6-13-11-19(18-17-13)15-9-8-12-5-1-2-7-14(12)16-15/h1-2,5,7-9,11,20H,3-4,6,10H2. The summed E-state index contributed by atoms with van der Waals surface area (Å²) >= 11 is 0. The Morgan fingerprint density at radius 1 is 1.05 bits per heavy atom. The molecule has 5 nitrogen and oxygen atoms in total. The molecule has 0 atom stereocenters. The van der Waals surface area contributed by atoms with E-state index in [4.69, 9.17) is 5.11 Å². The fourth-order valence-electron chi connectivity index (χ4n) is 2.13. The first-order chi connectivity index (χ1) is 9.86. The molecule has 102 valence electrons. The van der Waals surface area contributed by atoms with Gasteiger partial charge in [-0.15, -0.1) is 5.10 Å². The van der Waals surface area contributed by atoms with Crippen LogP contribution < -0.4 is 0 Å². The molecule has 1 aromatic carbocycles. The predicted molar refractivity (Wildman–Crippen MR) is 76.7 cm³/mol. The normalized spacial score (nSPS) is 11.1. The van der Waals surface area contributed by atoms with E-state index >= 15 is 0 Å². The molecular weight excluding hydrogens is 252 g/mol. The average Bonchev–Trinajstić information content (AvgIpc) is 2.96. The monoisotopic (exact) mass is 268 g/mol. The van der Waals surface area contributed by atoms with Gasteiger partial charge in [0.05, 0.1) is 17.4 Å². The van der Waals surface area contributed by atoms with E-state index in [1.165, 1.54) is 0 Å². The fraction of sp³-hybridized carbons (Fsp3) is 0.267. The maximum atomic E-state index is 8.78. The zero-order valence-electron chi connectivity index (χ0n) is 11.1. The van der Waals surface area contributed by atoms with Crippen molar-refractivity contribution in [1.82, 2.24) is 20.0 Å². The van der Waals surface area contributed by atoms with Crippen molar-refractivity contribution < 1.29 is 5.11 Å². The van der Waals surface area contributed by atoms with Crippen molar-refractivity contribution in [2.75, 3.05) is 6.61 Å². The first-order valence-electron chi connectivity index (χ1n) is 6.75. The van der Waals surface area contributed by atoms with Crippen LogP contribution in [0.2, 0.25) is 0 Å². The van der Waals surface area contributed by atoms with Gasteiger partial charge in [-0.25, -0.2) is 9.67 Å². The molecule has 0 spiro atoms. The lowest BCUT2D eigenvalue weighted by atomic mass is 10.2. The Hall–Kier alpha value is -2.27. The number of rotatable bonds is 5. The Labute approximate surface area is 116 Å². The molecule has 0 amide bonds. The second kappa shape index (κ2) is 5.79. The van der Waals surface area contributed by atoms with Gasteiger partial charge in [0.25, 0.3) is 0 Å². The van der Waals surface area contributed by atoms with E-state index in [1.54, 1.807) is 4.68 Å². The number of aliphatic hydroxyl groups is 1. The molecule has 0 bridgehead atoms. The van der Waals surface area contributed by atoms with Crippen LogP contribution in [0.5, 0.6) is 0 Å². The molecule has 2 heterocycles. The van der Waals surface area contributed by atoms with Gasteiger partial charge < -0.3 is 5.11 Å². The van der Waals surface area contributed by atoms with Crippen molar-refractivity contribution >= 4 is 10.9 Å². The minimum Gasteiger partial charge on any atom is -0.396 e. The molecule has 0 aliphatic rings. The number of unbranched alkanes of at least 4 members (excludes halogenated alkanes) is 1. The minimum atomic E-state index is 0.223. The molecule has 0 saturated heterocycles. The summed E-state index contributed by atoms with van der Waals surface area (Å²) in [7, 11) is 0. The number of pyridine rings is 1. The summed E-state index contributed by atoms with van der Waals surface area (Å²) in [6.07, 6.45) is 4.43. The second-order valence-corrected chi connectivity index (χ2v) is 4.70. The van der Waals surface area contributed by atoms with Crippen molar-refractivity contribution in [2.45, 2.75) is 19.3 Å². The van der Waals surface area contributed by atoms with E-state index < -0.39 is 0 Å². The zero-order valence-corrected chi connectivity index (χ0v) is 11.1. The summed E-state index contributed by atoms with van der Waals surface area (Å²) in [6.45, 7) is 0.223. The number of aliphatic hydroxyl groups excluding tert-OH is 1. The molecule has 0 saturated carbocycles. The fourth-order valence-corrected chi connectivity index (χ4v) is 2.13. The molecule has 2 aromatic heterocycles. The quantitative estimate of drug-likeness (QED) is 0.720. The lowest BCUT2D eigenvalue weighted by Gasteiger charge is -2.01. The lowest BCUT2D eigenvalue weighted by Crippen LogP contribution is -1.98. The van der Waals surface area contributed by atoms with Crippen LogP contribution in [0.15, 0.2) is 42.6 Å². The van der Waals surface area contributed by atoms with Crippen LogP contribution in [-0.2, 0) is 6.42 Å². The van der Waals surface area contributed by atoms with E-state index in [2.05, 4.69) is 15.3 Å². The summed E-state index contributed by atoms with van der Waals surface area (Å²) in [6, 6.07) is 12.0. The highest BCUT2D eigenvalue weighted by Gasteiger charge is 2.04. The number of aryl methyl sites for hydroxylation is 1. The van der Waals surface area contributed by atoms with Gasteiger partial charge in [0.1, 0.15) is 0 Å². The van der Waals surface area contributed by atoms with Crippen LogP contribution in [0, 0.1) is 0 Å². The van der Waals surface area contributed by atoms with Crippen molar-refractivity contribution in [2.24, 2.45) is 0 Å². The molecule has 3 aromatic rings. The number of benzene rings is 1. The number of nitrogens with zero attached hydrogens (tertiary/aromatic N) is 4. The zero-order chi connectivity index (χ0) is 13.8.